The molecule has 30 heavy (non-hydrogen) atoms. The third-order valence-corrected chi connectivity index (χ3v) is 5.49. The first-order valence-corrected chi connectivity index (χ1v) is 10.1. The fourth-order valence-corrected chi connectivity index (χ4v) is 3.88. The van der Waals surface area contributed by atoms with Crippen molar-refractivity contribution in [2.45, 2.75) is 26.3 Å². The van der Waals surface area contributed by atoms with E-state index in [1.165, 1.54) is 0 Å². The van der Waals surface area contributed by atoms with Gasteiger partial charge >= 0.3 is 11.9 Å². The van der Waals surface area contributed by atoms with Crippen LogP contribution in [-0.2, 0) is 20.9 Å². The molecule has 3 atom stereocenters. The summed E-state index contributed by atoms with van der Waals surface area (Å²) in [6, 6.07) is 17.5. The topological polar surface area (TPSA) is 107 Å². The van der Waals surface area contributed by atoms with Gasteiger partial charge in [0.25, 0.3) is 0 Å². The van der Waals surface area contributed by atoms with Crippen LogP contribution >= 0.6 is 0 Å². The molecule has 2 aromatic carbocycles. The predicted octanol–water partition coefficient (Wildman–Crippen LogP) is 3.59. The van der Waals surface area contributed by atoms with E-state index in [1.807, 2.05) is 61.5 Å². The highest BCUT2D eigenvalue weighted by Gasteiger charge is 2.54. The van der Waals surface area contributed by atoms with Crippen LogP contribution in [0.4, 0.5) is 11.4 Å². The lowest BCUT2D eigenvalue weighted by molar-refractivity contribution is -0.172. The molecule has 1 saturated carbocycles. The van der Waals surface area contributed by atoms with Gasteiger partial charge in [-0.1, -0.05) is 37.3 Å². The molecule has 0 aromatic heterocycles. The summed E-state index contributed by atoms with van der Waals surface area (Å²) in [7, 11) is 0. The monoisotopic (exact) mass is 410 g/mol. The zero-order chi connectivity index (χ0) is 21.7. The van der Waals surface area contributed by atoms with Crippen LogP contribution in [0.3, 0.4) is 0 Å². The molecule has 3 rings (SSSR count). The Labute approximate surface area is 175 Å². The minimum atomic E-state index is -1.22. The summed E-state index contributed by atoms with van der Waals surface area (Å²) in [4.78, 5) is 37.3. The molecule has 0 bridgehead atoms. The zero-order valence-electron chi connectivity index (χ0n) is 16.8. The molecule has 7 heteroatoms. The van der Waals surface area contributed by atoms with E-state index in [-0.39, 0.29) is 12.3 Å². The minimum Gasteiger partial charge on any atom is -0.481 e. The average Bonchev–Trinajstić information content (AvgIpc) is 2.68. The zero-order valence-corrected chi connectivity index (χ0v) is 16.8. The van der Waals surface area contributed by atoms with E-state index in [0.29, 0.717) is 13.1 Å². The van der Waals surface area contributed by atoms with Crippen LogP contribution in [-0.4, -0.2) is 39.5 Å². The van der Waals surface area contributed by atoms with Crippen LogP contribution in [0.25, 0.3) is 0 Å². The molecule has 1 fully saturated rings. The maximum atomic E-state index is 13.0. The van der Waals surface area contributed by atoms with Crippen molar-refractivity contribution in [2.75, 3.05) is 11.9 Å². The maximum Gasteiger partial charge on any atom is 0.308 e. The van der Waals surface area contributed by atoms with Gasteiger partial charge in [0.05, 0.1) is 17.8 Å². The number of nitrogens with one attached hydrogen (secondary N) is 1. The number of carbonyl (C=O) groups is 3. The van der Waals surface area contributed by atoms with Gasteiger partial charge in [0.2, 0.25) is 5.91 Å². The third kappa shape index (κ3) is 4.79. The van der Waals surface area contributed by atoms with Crippen molar-refractivity contribution < 1.29 is 24.6 Å². The smallest absolute Gasteiger partial charge is 0.308 e. The lowest BCUT2D eigenvalue weighted by Crippen LogP contribution is -2.53. The molecule has 1 aliphatic carbocycles. The summed E-state index contributed by atoms with van der Waals surface area (Å²) in [5.41, 5.74) is 2.83. The average molecular weight is 410 g/mol. The molecule has 1 aliphatic rings. The van der Waals surface area contributed by atoms with Crippen LogP contribution < -0.4 is 5.32 Å². The van der Waals surface area contributed by atoms with E-state index in [4.69, 9.17) is 5.11 Å². The summed E-state index contributed by atoms with van der Waals surface area (Å²) < 4.78 is 0. The number of hydrogen-bond donors (Lipinski definition) is 3. The van der Waals surface area contributed by atoms with Crippen LogP contribution in [0.2, 0.25) is 0 Å². The summed E-state index contributed by atoms with van der Waals surface area (Å²) >= 11 is 0. The van der Waals surface area contributed by atoms with Gasteiger partial charge in [-0.15, -0.1) is 0 Å². The van der Waals surface area contributed by atoms with Gasteiger partial charge in [-0.25, -0.2) is 0 Å². The Morgan fingerprint density at radius 1 is 0.933 bits per heavy atom. The number of carbonyl (C=O) groups excluding carboxylic acids is 1. The van der Waals surface area contributed by atoms with Gasteiger partial charge < -0.3 is 20.4 Å². The first-order valence-electron chi connectivity index (χ1n) is 10.1. The van der Waals surface area contributed by atoms with E-state index in [0.717, 1.165) is 23.4 Å². The fourth-order valence-electron chi connectivity index (χ4n) is 3.88. The van der Waals surface area contributed by atoms with Gasteiger partial charge in [0.1, 0.15) is 0 Å². The highest BCUT2D eigenvalue weighted by atomic mass is 16.4. The second-order valence-electron chi connectivity index (χ2n) is 7.60. The summed E-state index contributed by atoms with van der Waals surface area (Å²) in [6.45, 7) is 2.80. The van der Waals surface area contributed by atoms with Crippen molar-refractivity contribution in [1.82, 2.24) is 4.90 Å². The van der Waals surface area contributed by atoms with Crippen molar-refractivity contribution in [2.24, 2.45) is 17.8 Å². The number of hydrogen-bond acceptors (Lipinski definition) is 4. The van der Waals surface area contributed by atoms with Crippen molar-refractivity contribution in [3.8, 4) is 0 Å². The number of rotatable bonds is 9. The van der Waals surface area contributed by atoms with E-state index >= 15 is 0 Å². The van der Waals surface area contributed by atoms with Gasteiger partial charge in [0.15, 0.2) is 0 Å². The van der Waals surface area contributed by atoms with E-state index in [1.54, 1.807) is 4.90 Å². The summed E-state index contributed by atoms with van der Waals surface area (Å²) in [5.74, 6) is -5.60. The molecule has 3 N–H and O–H groups in total. The van der Waals surface area contributed by atoms with Gasteiger partial charge in [0, 0.05) is 24.5 Å². The number of amides is 1. The second kappa shape index (κ2) is 9.43. The van der Waals surface area contributed by atoms with Crippen LogP contribution in [0.1, 0.15) is 25.3 Å². The van der Waals surface area contributed by atoms with Crippen LogP contribution in [0.5, 0.6) is 0 Å². The van der Waals surface area contributed by atoms with Crippen LogP contribution in [0, 0.1) is 17.8 Å². The van der Waals surface area contributed by atoms with Crippen molar-refractivity contribution in [1.29, 1.82) is 0 Å². The van der Waals surface area contributed by atoms with Gasteiger partial charge in [-0.05, 0) is 42.7 Å². The third-order valence-electron chi connectivity index (χ3n) is 5.49. The number of aliphatic carboxylic acids is 2. The first kappa shape index (κ1) is 21.4. The number of benzene rings is 2. The molecule has 3 unspecified atom stereocenters. The number of carboxylic acids is 2. The van der Waals surface area contributed by atoms with Gasteiger partial charge in [-0.2, -0.15) is 0 Å². The first-order chi connectivity index (χ1) is 14.4. The summed E-state index contributed by atoms with van der Waals surface area (Å²) in [6.07, 6.45) is 0.803. The van der Waals surface area contributed by atoms with Crippen molar-refractivity contribution in [3.05, 3.63) is 60.2 Å². The Morgan fingerprint density at radius 3 is 2.13 bits per heavy atom. The van der Waals surface area contributed by atoms with Crippen molar-refractivity contribution in [3.63, 3.8) is 0 Å². The molecule has 0 radical (unpaired) electrons. The Balaban J connectivity index is 1.67. The lowest BCUT2D eigenvalue weighted by atomic mass is 9.64. The molecule has 0 saturated heterocycles. The lowest BCUT2D eigenvalue weighted by Gasteiger charge is -2.40. The number of para-hydroxylation sites is 1. The SMILES string of the molecule is CCCN(Cc1ccc(Nc2ccccc2)cc1)C(=O)C1CC(C(=O)O)C1C(=O)O. The number of nitrogens with zero attached hydrogens (tertiary/aromatic N) is 1. The normalized spacial score (nSPS) is 20.1. The Kier molecular flexibility index (Phi) is 6.72. The molecule has 158 valence electrons. The quantitative estimate of drug-likeness (QED) is 0.583. The molecular weight excluding hydrogens is 384 g/mol. The molecule has 2 aromatic rings. The molecule has 0 spiro atoms. The Morgan fingerprint density at radius 2 is 1.57 bits per heavy atom. The largest absolute Gasteiger partial charge is 0.481 e. The van der Waals surface area contributed by atoms with E-state index in [9.17, 15) is 19.5 Å². The molecule has 7 nitrogen and oxygen atoms in total. The minimum absolute atomic E-state index is 0.0747. The van der Waals surface area contributed by atoms with E-state index < -0.39 is 29.7 Å². The Bertz CT molecular complexity index is 898. The number of anilines is 2. The highest BCUT2D eigenvalue weighted by molar-refractivity contribution is 5.91. The molecule has 0 heterocycles. The second-order valence-corrected chi connectivity index (χ2v) is 7.60. The van der Waals surface area contributed by atoms with Crippen LogP contribution in [0.15, 0.2) is 54.6 Å². The highest BCUT2D eigenvalue weighted by Crippen LogP contribution is 2.42. The number of carboxylic acid groups (broad SMARTS) is 2. The fraction of sp³-hybridized carbons (Fsp3) is 0.348. The van der Waals surface area contributed by atoms with Gasteiger partial charge in [-0.3, -0.25) is 14.4 Å². The summed E-state index contributed by atoms with van der Waals surface area (Å²) in [5, 5.41) is 21.9. The molecule has 1 amide bonds. The van der Waals surface area contributed by atoms with Crippen molar-refractivity contribution >= 4 is 29.2 Å². The standard InChI is InChI=1S/C23H26N2O5/c1-2-12-25(21(26)18-13-19(22(27)28)20(18)23(29)30)14-15-8-10-17(11-9-15)24-16-6-4-3-5-7-16/h3-11,18-20,24H,2,12-14H2,1H3,(H,27,28)(H,29,30). The molecule has 0 aliphatic heterocycles. The Hall–Kier alpha value is -3.35. The predicted molar refractivity (Wildman–Crippen MR) is 112 cm³/mol. The van der Waals surface area contributed by atoms with E-state index in [2.05, 4.69) is 5.32 Å². The molecular formula is C23H26N2O5. The maximum absolute atomic E-state index is 13.0.